The highest BCUT2D eigenvalue weighted by Gasteiger charge is 2.04. The number of aryl methyl sites for hydroxylation is 1. The van der Waals surface area contributed by atoms with Crippen LogP contribution in [0.4, 0.5) is 11.5 Å². The van der Waals surface area contributed by atoms with E-state index in [9.17, 15) is 0 Å². The molecule has 2 aromatic carbocycles. The molecule has 19 heavy (non-hydrogen) atoms. The highest BCUT2D eigenvalue weighted by molar-refractivity contribution is 9.10. The van der Waals surface area contributed by atoms with Crippen LogP contribution in [-0.4, -0.2) is 9.97 Å². The molecule has 0 spiro atoms. The molecule has 0 bridgehead atoms. The van der Waals surface area contributed by atoms with Crippen molar-refractivity contribution in [2.45, 2.75) is 6.92 Å². The summed E-state index contributed by atoms with van der Waals surface area (Å²) in [7, 11) is 0. The minimum Gasteiger partial charge on any atom is -0.340 e. The van der Waals surface area contributed by atoms with Crippen LogP contribution in [0.25, 0.3) is 10.9 Å². The molecule has 0 radical (unpaired) electrons. The maximum absolute atomic E-state index is 4.32. The second kappa shape index (κ2) is 4.97. The second-order valence-corrected chi connectivity index (χ2v) is 5.18. The fourth-order valence-corrected chi connectivity index (χ4v) is 2.21. The number of aromatic nitrogens is 2. The van der Waals surface area contributed by atoms with E-state index in [1.54, 1.807) is 6.33 Å². The summed E-state index contributed by atoms with van der Waals surface area (Å²) in [6, 6.07) is 14.1. The van der Waals surface area contributed by atoms with Gasteiger partial charge in [0.2, 0.25) is 0 Å². The normalized spacial score (nSPS) is 10.6. The third kappa shape index (κ3) is 2.44. The van der Waals surface area contributed by atoms with Gasteiger partial charge in [-0.2, -0.15) is 0 Å². The van der Waals surface area contributed by atoms with Crippen molar-refractivity contribution in [1.82, 2.24) is 9.97 Å². The number of hydrogen-bond acceptors (Lipinski definition) is 3. The zero-order valence-electron chi connectivity index (χ0n) is 10.4. The predicted molar refractivity (Wildman–Crippen MR) is 81.7 cm³/mol. The molecule has 3 nitrogen and oxygen atoms in total. The maximum atomic E-state index is 4.32. The summed E-state index contributed by atoms with van der Waals surface area (Å²) < 4.78 is 1.10. The van der Waals surface area contributed by atoms with E-state index in [-0.39, 0.29) is 0 Å². The average molecular weight is 314 g/mol. The molecule has 94 valence electrons. The van der Waals surface area contributed by atoms with E-state index in [4.69, 9.17) is 0 Å². The molecule has 1 heterocycles. The minimum absolute atomic E-state index is 0.826. The summed E-state index contributed by atoms with van der Waals surface area (Å²) >= 11 is 3.50. The number of fused-ring (bicyclic) bond motifs is 1. The van der Waals surface area contributed by atoms with Gasteiger partial charge in [-0.3, -0.25) is 0 Å². The number of anilines is 2. The van der Waals surface area contributed by atoms with Crippen LogP contribution < -0.4 is 5.32 Å². The Kier molecular flexibility index (Phi) is 3.17. The van der Waals surface area contributed by atoms with E-state index in [1.165, 1.54) is 5.56 Å². The van der Waals surface area contributed by atoms with Gasteiger partial charge < -0.3 is 5.32 Å². The van der Waals surface area contributed by atoms with Crippen LogP contribution in [0.15, 0.2) is 53.3 Å². The number of hydrogen-bond donors (Lipinski definition) is 1. The van der Waals surface area contributed by atoms with Crippen molar-refractivity contribution < 1.29 is 0 Å². The van der Waals surface area contributed by atoms with Gasteiger partial charge in [0.05, 0.1) is 5.52 Å². The van der Waals surface area contributed by atoms with E-state index in [0.717, 1.165) is 26.9 Å². The molecule has 0 aliphatic rings. The van der Waals surface area contributed by atoms with Gasteiger partial charge >= 0.3 is 0 Å². The molecule has 3 aromatic rings. The summed E-state index contributed by atoms with van der Waals surface area (Å²) in [4.78, 5) is 8.58. The van der Waals surface area contributed by atoms with Gasteiger partial charge in [0, 0.05) is 15.5 Å². The Morgan fingerprint density at radius 3 is 2.74 bits per heavy atom. The van der Waals surface area contributed by atoms with Gasteiger partial charge in [-0.25, -0.2) is 9.97 Å². The lowest BCUT2D eigenvalue weighted by Crippen LogP contribution is -1.96. The van der Waals surface area contributed by atoms with Crippen molar-refractivity contribution in [3.8, 4) is 0 Å². The SMILES string of the molecule is Cc1cc(Nc2ncnc3ccccc23)ccc1Br. The molecule has 0 unspecified atom stereocenters. The fraction of sp³-hybridized carbons (Fsp3) is 0.0667. The molecule has 0 aliphatic carbocycles. The number of para-hydroxylation sites is 1. The lowest BCUT2D eigenvalue weighted by molar-refractivity contribution is 1.22. The molecular formula is C15H12BrN3. The van der Waals surface area contributed by atoms with Crippen LogP contribution in [0.5, 0.6) is 0 Å². The summed E-state index contributed by atoms with van der Waals surface area (Å²) in [5, 5.41) is 4.36. The molecule has 1 aromatic heterocycles. The Hall–Kier alpha value is -1.94. The minimum atomic E-state index is 0.826. The lowest BCUT2D eigenvalue weighted by atomic mass is 10.2. The van der Waals surface area contributed by atoms with Gasteiger partial charge in [0.25, 0.3) is 0 Å². The number of halogens is 1. The Morgan fingerprint density at radius 2 is 1.89 bits per heavy atom. The highest BCUT2D eigenvalue weighted by Crippen LogP contribution is 2.25. The molecule has 0 atom stereocenters. The first-order chi connectivity index (χ1) is 9.24. The highest BCUT2D eigenvalue weighted by atomic mass is 79.9. The predicted octanol–water partition coefficient (Wildman–Crippen LogP) is 4.44. The summed E-state index contributed by atoms with van der Waals surface area (Å²) in [6.45, 7) is 2.06. The Bertz CT molecular complexity index is 735. The van der Waals surface area contributed by atoms with E-state index in [0.29, 0.717) is 0 Å². The Balaban J connectivity index is 2.03. The van der Waals surface area contributed by atoms with Gasteiger partial charge in [-0.1, -0.05) is 28.1 Å². The Labute approximate surface area is 119 Å². The molecular weight excluding hydrogens is 302 g/mol. The van der Waals surface area contributed by atoms with Gasteiger partial charge in [0.15, 0.2) is 0 Å². The topological polar surface area (TPSA) is 37.8 Å². The monoisotopic (exact) mass is 313 g/mol. The van der Waals surface area contributed by atoms with E-state index in [2.05, 4.69) is 44.2 Å². The molecule has 0 saturated carbocycles. The van der Waals surface area contributed by atoms with Gasteiger partial charge in [0.1, 0.15) is 12.1 Å². The first-order valence-corrected chi connectivity index (χ1v) is 6.76. The molecule has 0 fully saturated rings. The van der Waals surface area contributed by atoms with Crippen molar-refractivity contribution in [3.63, 3.8) is 0 Å². The van der Waals surface area contributed by atoms with Crippen LogP contribution in [0.2, 0.25) is 0 Å². The first kappa shape index (κ1) is 12.1. The molecule has 4 heteroatoms. The fourth-order valence-electron chi connectivity index (χ4n) is 1.96. The second-order valence-electron chi connectivity index (χ2n) is 4.33. The third-order valence-electron chi connectivity index (χ3n) is 2.96. The summed E-state index contributed by atoms with van der Waals surface area (Å²) in [6.07, 6.45) is 1.58. The Morgan fingerprint density at radius 1 is 1.05 bits per heavy atom. The van der Waals surface area contributed by atoms with Gasteiger partial charge in [-0.05, 0) is 42.8 Å². The zero-order valence-corrected chi connectivity index (χ0v) is 12.0. The molecule has 3 rings (SSSR count). The average Bonchev–Trinajstić information content (AvgIpc) is 2.43. The lowest BCUT2D eigenvalue weighted by Gasteiger charge is -2.09. The summed E-state index contributed by atoms with van der Waals surface area (Å²) in [5.41, 5.74) is 3.14. The number of nitrogens with one attached hydrogen (secondary N) is 1. The van der Waals surface area contributed by atoms with Gasteiger partial charge in [-0.15, -0.1) is 0 Å². The van der Waals surface area contributed by atoms with Crippen molar-refractivity contribution in [1.29, 1.82) is 0 Å². The van der Waals surface area contributed by atoms with Crippen LogP contribution >= 0.6 is 15.9 Å². The molecule has 0 saturated heterocycles. The molecule has 1 N–H and O–H groups in total. The summed E-state index contributed by atoms with van der Waals surface area (Å²) in [5.74, 6) is 0.826. The van der Waals surface area contributed by atoms with Crippen molar-refractivity contribution in [3.05, 3.63) is 58.8 Å². The number of rotatable bonds is 2. The third-order valence-corrected chi connectivity index (χ3v) is 3.85. The van der Waals surface area contributed by atoms with Crippen molar-refractivity contribution in [2.24, 2.45) is 0 Å². The van der Waals surface area contributed by atoms with Crippen LogP contribution in [0.3, 0.4) is 0 Å². The smallest absolute Gasteiger partial charge is 0.141 e. The maximum Gasteiger partial charge on any atom is 0.141 e. The molecule has 0 aliphatic heterocycles. The quantitative estimate of drug-likeness (QED) is 0.759. The van der Waals surface area contributed by atoms with Crippen LogP contribution in [0, 0.1) is 6.92 Å². The van der Waals surface area contributed by atoms with Crippen LogP contribution in [-0.2, 0) is 0 Å². The first-order valence-electron chi connectivity index (χ1n) is 5.97. The number of nitrogens with zero attached hydrogens (tertiary/aromatic N) is 2. The largest absolute Gasteiger partial charge is 0.340 e. The zero-order chi connectivity index (χ0) is 13.2. The van der Waals surface area contributed by atoms with E-state index >= 15 is 0 Å². The number of benzene rings is 2. The van der Waals surface area contributed by atoms with Crippen molar-refractivity contribution in [2.75, 3.05) is 5.32 Å². The van der Waals surface area contributed by atoms with E-state index in [1.807, 2.05) is 36.4 Å². The van der Waals surface area contributed by atoms with E-state index < -0.39 is 0 Å². The van der Waals surface area contributed by atoms with Crippen molar-refractivity contribution >= 4 is 38.3 Å². The molecule has 0 amide bonds. The standard InChI is InChI=1S/C15H12BrN3/c1-10-8-11(6-7-13(10)16)19-15-12-4-2-3-5-14(12)17-9-18-15/h2-9H,1H3,(H,17,18,19). The van der Waals surface area contributed by atoms with Crippen LogP contribution in [0.1, 0.15) is 5.56 Å².